The number of piperidine rings is 1. The molecular weight excluding hydrogens is 340 g/mol. The molecule has 27 heavy (non-hydrogen) atoms. The van der Waals surface area contributed by atoms with Gasteiger partial charge in [0.1, 0.15) is 0 Å². The van der Waals surface area contributed by atoms with Crippen LogP contribution >= 0.6 is 0 Å². The minimum Gasteiger partial charge on any atom is -0.344 e. The number of benzene rings is 1. The van der Waals surface area contributed by atoms with Gasteiger partial charge in [0.25, 0.3) is 0 Å². The number of amides is 3. The summed E-state index contributed by atoms with van der Waals surface area (Å²) in [6.45, 7) is 6.21. The van der Waals surface area contributed by atoms with Gasteiger partial charge >= 0.3 is 6.03 Å². The quantitative estimate of drug-likeness (QED) is 0.794. The third-order valence-corrected chi connectivity index (χ3v) is 5.32. The summed E-state index contributed by atoms with van der Waals surface area (Å²) < 4.78 is 0. The van der Waals surface area contributed by atoms with E-state index in [1.165, 1.54) is 22.4 Å². The molecule has 1 saturated heterocycles. The van der Waals surface area contributed by atoms with Crippen LogP contribution in [0.4, 0.5) is 4.79 Å². The number of nitrogens with zero attached hydrogens (tertiary/aromatic N) is 3. The van der Waals surface area contributed by atoms with Crippen LogP contribution in [-0.2, 0) is 11.2 Å². The number of aryl methyl sites for hydroxylation is 1. The monoisotopic (exact) mass is 374 g/mol. The largest absolute Gasteiger partial charge is 0.344 e. The third-order valence-electron chi connectivity index (χ3n) is 5.32. The van der Waals surface area contributed by atoms with Gasteiger partial charge in [0, 0.05) is 40.8 Å². The Balaban J connectivity index is 1.75. The molecule has 0 bridgehead atoms. The number of urea groups is 1. The second kappa shape index (κ2) is 10.3. The molecule has 2 rings (SSSR count). The second-order valence-electron chi connectivity index (χ2n) is 7.81. The van der Waals surface area contributed by atoms with Crippen molar-refractivity contribution in [1.82, 2.24) is 20.0 Å². The van der Waals surface area contributed by atoms with E-state index in [2.05, 4.69) is 41.4 Å². The van der Waals surface area contributed by atoms with Gasteiger partial charge in [-0.2, -0.15) is 0 Å². The zero-order valence-corrected chi connectivity index (χ0v) is 17.2. The molecule has 150 valence electrons. The zero-order chi connectivity index (χ0) is 19.8. The first-order valence-electron chi connectivity index (χ1n) is 9.82. The Labute approximate surface area is 163 Å². The molecule has 1 heterocycles. The van der Waals surface area contributed by atoms with Crippen molar-refractivity contribution >= 4 is 11.9 Å². The predicted molar refractivity (Wildman–Crippen MR) is 109 cm³/mol. The lowest BCUT2D eigenvalue weighted by atomic mass is 9.96. The molecule has 6 heteroatoms. The van der Waals surface area contributed by atoms with Crippen molar-refractivity contribution in [3.63, 3.8) is 0 Å². The minimum atomic E-state index is -0.239. The molecule has 0 saturated carbocycles. The van der Waals surface area contributed by atoms with E-state index in [0.29, 0.717) is 5.92 Å². The highest BCUT2D eigenvalue weighted by molar-refractivity contribution is 5.83. The molecule has 0 aromatic heterocycles. The van der Waals surface area contributed by atoms with Crippen molar-refractivity contribution in [2.75, 3.05) is 53.9 Å². The van der Waals surface area contributed by atoms with E-state index in [4.69, 9.17) is 0 Å². The van der Waals surface area contributed by atoms with Crippen LogP contribution in [0.2, 0.25) is 0 Å². The Morgan fingerprint density at radius 3 is 2.67 bits per heavy atom. The molecule has 1 aromatic rings. The number of hydrogen-bond donors (Lipinski definition) is 1. The molecule has 1 unspecified atom stereocenters. The number of rotatable bonds is 7. The zero-order valence-electron chi connectivity index (χ0n) is 17.2. The van der Waals surface area contributed by atoms with E-state index in [9.17, 15) is 9.59 Å². The van der Waals surface area contributed by atoms with Crippen molar-refractivity contribution in [2.45, 2.75) is 26.2 Å². The Kier molecular flexibility index (Phi) is 8.10. The van der Waals surface area contributed by atoms with Crippen molar-refractivity contribution in [2.24, 2.45) is 5.92 Å². The molecular formula is C21H34N4O2. The van der Waals surface area contributed by atoms with Gasteiger partial charge in [-0.05, 0) is 49.8 Å². The van der Waals surface area contributed by atoms with Crippen LogP contribution in [0.5, 0.6) is 0 Å². The van der Waals surface area contributed by atoms with Gasteiger partial charge in [-0.25, -0.2) is 4.79 Å². The van der Waals surface area contributed by atoms with Gasteiger partial charge < -0.3 is 20.0 Å². The Hall–Kier alpha value is -2.08. The average molecular weight is 375 g/mol. The van der Waals surface area contributed by atoms with Gasteiger partial charge in [-0.15, -0.1) is 0 Å². The highest BCUT2D eigenvalue weighted by Crippen LogP contribution is 2.18. The van der Waals surface area contributed by atoms with Crippen molar-refractivity contribution in [3.05, 3.63) is 35.4 Å². The standard InChI is InChI=1S/C21H34N4O2/c1-17-8-5-6-10-19(17)11-13-25-12-7-9-18(16-25)15-24(4)20(26)14-22-21(27)23(2)3/h5-6,8,10,18H,7,9,11-16H2,1-4H3,(H,22,27). The van der Waals surface area contributed by atoms with Gasteiger partial charge in [-0.3, -0.25) is 4.79 Å². The lowest BCUT2D eigenvalue weighted by Gasteiger charge is -2.35. The topological polar surface area (TPSA) is 55.9 Å². The number of likely N-dealkylation sites (N-methyl/N-ethyl adjacent to an activating group) is 1. The minimum absolute atomic E-state index is 0.0396. The molecule has 6 nitrogen and oxygen atoms in total. The SMILES string of the molecule is Cc1ccccc1CCN1CCCC(CN(C)C(=O)CNC(=O)N(C)C)C1. The normalized spacial score (nSPS) is 17.4. The molecule has 0 aliphatic carbocycles. The van der Waals surface area contributed by atoms with E-state index < -0.39 is 0 Å². The smallest absolute Gasteiger partial charge is 0.317 e. The third kappa shape index (κ3) is 6.86. The lowest BCUT2D eigenvalue weighted by Crippen LogP contribution is -2.45. The van der Waals surface area contributed by atoms with Crippen molar-refractivity contribution < 1.29 is 9.59 Å². The van der Waals surface area contributed by atoms with Crippen LogP contribution in [0.15, 0.2) is 24.3 Å². The first-order valence-corrected chi connectivity index (χ1v) is 9.82. The van der Waals surface area contributed by atoms with Gasteiger partial charge in [-0.1, -0.05) is 24.3 Å². The summed E-state index contributed by atoms with van der Waals surface area (Å²) in [5.74, 6) is 0.455. The lowest BCUT2D eigenvalue weighted by molar-refractivity contribution is -0.129. The first-order chi connectivity index (χ1) is 12.9. The van der Waals surface area contributed by atoms with Gasteiger partial charge in [0.15, 0.2) is 0 Å². The first kappa shape index (κ1) is 21.2. The maximum Gasteiger partial charge on any atom is 0.317 e. The molecule has 3 amide bonds. The fourth-order valence-electron chi connectivity index (χ4n) is 3.61. The highest BCUT2D eigenvalue weighted by Gasteiger charge is 2.23. The highest BCUT2D eigenvalue weighted by atomic mass is 16.2. The van der Waals surface area contributed by atoms with E-state index in [0.717, 1.165) is 39.0 Å². The summed E-state index contributed by atoms with van der Waals surface area (Å²) in [5.41, 5.74) is 2.78. The van der Waals surface area contributed by atoms with E-state index in [-0.39, 0.29) is 18.5 Å². The van der Waals surface area contributed by atoms with E-state index >= 15 is 0 Å². The number of nitrogens with one attached hydrogen (secondary N) is 1. The molecule has 1 N–H and O–H groups in total. The average Bonchev–Trinajstić information content (AvgIpc) is 2.65. The Morgan fingerprint density at radius 1 is 1.22 bits per heavy atom. The van der Waals surface area contributed by atoms with Gasteiger partial charge in [0.2, 0.25) is 5.91 Å². The Morgan fingerprint density at radius 2 is 1.96 bits per heavy atom. The Bertz CT molecular complexity index is 632. The van der Waals surface area contributed by atoms with Gasteiger partial charge in [0.05, 0.1) is 6.54 Å². The molecule has 1 aliphatic rings. The second-order valence-corrected chi connectivity index (χ2v) is 7.81. The predicted octanol–water partition coefficient (Wildman–Crippen LogP) is 1.98. The summed E-state index contributed by atoms with van der Waals surface area (Å²) in [7, 11) is 5.16. The van der Waals surface area contributed by atoms with E-state index in [1.54, 1.807) is 19.0 Å². The molecule has 1 aromatic carbocycles. The number of likely N-dealkylation sites (tertiary alicyclic amines) is 1. The molecule has 0 spiro atoms. The summed E-state index contributed by atoms with van der Waals surface area (Å²) in [5, 5.41) is 2.64. The van der Waals surface area contributed by atoms with Crippen molar-refractivity contribution in [1.29, 1.82) is 0 Å². The maximum absolute atomic E-state index is 12.3. The van der Waals surface area contributed by atoms with Crippen LogP contribution < -0.4 is 5.32 Å². The summed E-state index contributed by atoms with van der Waals surface area (Å²) in [6.07, 6.45) is 3.41. The molecule has 1 atom stereocenters. The van der Waals surface area contributed by atoms with Crippen LogP contribution in [-0.4, -0.2) is 80.5 Å². The van der Waals surface area contributed by atoms with Crippen molar-refractivity contribution in [3.8, 4) is 0 Å². The van der Waals surface area contributed by atoms with Crippen LogP contribution in [0.1, 0.15) is 24.0 Å². The molecule has 1 fully saturated rings. The summed E-state index contributed by atoms with van der Waals surface area (Å²) in [4.78, 5) is 29.5. The fourth-order valence-corrected chi connectivity index (χ4v) is 3.61. The van der Waals surface area contributed by atoms with E-state index in [1.807, 2.05) is 7.05 Å². The number of hydrogen-bond acceptors (Lipinski definition) is 3. The summed E-state index contributed by atoms with van der Waals surface area (Å²) >= 11 is 0. The molecule has 1 aliphatic heterocycles. The van der Waals surface area contributed by atoms with Crippen LogP contribution in [0.3, 0.4) is 0 Å². The maximum atomic E-state index is 12.3. The molecule has 0 radical (unpaired) electrons. The van der Waals surface area contributed by atoms with Crippen LogP contribution in [0, 0.1) is 12.8 Å². The number of carbonyl (C=O) groups is 2. The summed E-state index contributed by atoms with van der Waals surface area (Å²) in [6, 6.07) is 8.34. The number of carbonyl (C=O) groups excluding carboxylic acids is 2. The van der Waals surface area contributed by atoms with Crippen LogP contribution in [0.25, 0.3) is 0 Å². The fraction of sp³-hybridized carbons (Fsp3) is 0.619.